The molecule has 0 aromatic heterocycles. The van der Waals surface area contributed by atoms with Crippen molar-refractivity contribution in [1.82, 2.24) is 4.90 Å². The van der Waals surface area contributed by atoms with Gasteiger partial charge in [0.2, 0.25) is 0 Å². The van der Waals surface area contributed by atoms with Crippen LogP contribution in [0.1, 0.15) is 22.3 Å². The van der Waals surface area contributed by atoms with Crippen molar-refractivity contribution in [3.8, 4) is 17.9 Å². The Kier molecular flexibility index (Phi) is 5.53. The Labute approximate surface area is 111 Å². The highest BCUT2D eigenvalue weighted by atomic mass is 19.1. The van der Waals surface area contributed by atoms with E-state index in [0.29, 0.717) is 6.54 Å². The molecule has 0 saturated carbocycles. The van der Waals surface area contributed by atoms with E-state index >= 15 is 0 Å². The fourth-order valence-electron chi connectivity index (χ4n) is 1.42. The lowest BCUT2D eigenvalue weighted by atomic mass is 10.1. The minimum atomic E-state index is -0.611. The minimum absolute atomic E-state index is 0.130. The van der Waals surface area contributed by atoms with Gasteiger partial charge in [0.25, 0.3) is 5.91 Å². The molecule has 0 aliphatic rings. The number of carbonyl (C=O) groups excluding carboxylic acids is 1. The number of benzene rings is 1. The van der Waals surface area contributed by atoms with Gasteiger partial charge < -0.3 is 10.0 Å². The number of hydrogen-bond acceptors (Lipinski definition) is 3. The molecular formula is C14H13FN2O2. The lowest BCUT2D eigenvalue weighted by Crippen LogP contribution is -2.27. The van der Waals surface area contributed by atoms with Gasteiger partial charge in [0.1, 0.15) is 12.4 Å². The fraction of sp³-hybridized carbons (Fsp3) is 0.286. The second kappa shape index (κ2) is 7.15. The number of aliphatic hydroxyl groups is 1. The highest BCUT2D eigenvalue weighted by molar-refractivity contribution is 5.94. The molecular weight excluding hydrogens is 247 g/mol. The maximum absolute atomic E-state index is 13.6. The van der Waals surface area contributed by atoms with E-state index in [1.165, 1.54) is 17.0 Å². The number of aliphatic hydroxyl groups excluding tert-OH is 1. The summed E-state index contributed by atoms with van der Waals surface area (Å²) in [6.45, 7) is -0.0555. The van der Waals surface area contributed by atoms with E-state index in [2.05, 4.69) is 11.8 Å². The van der Waals surface area contributed by atoms with Crippen LogP contribution in [0.4, 0.5) is 4.39 Å². The molecule has 0 aliphatic carbocycles. The number of halogens is 1. The smallest absolute Gasteiger partial charge is 0.253 e. The Hall–Kier alpha value is -2.37. The average molecular weight is 260 g/mol. The van der Waals surface area contributed by atoms with Crippen molar-refractivity contribution >= 4 is 5.91 Å². The van der Waals surface area contributed by atoms with Gasteiger partial charge in [-0.15, -0.1) is 0 Å². The number of nitriles is 1. The molecule has 0 unspecified atom stereocenters. The zero-order valence-electron chi connectivity index (χ0n) is 10.5. The van der Waals surface area contributed by atoms with Crippen LogP contribution in [0.15, 0.2) is 18.2 Å². The average Bonchev–Trinajstić information content (AvgIpc) is 2.42. The SMILES string of the molecule is CN(CCC#N)C(=O)c1ccc(C#CCO)c(F)c1. The predicted molar refractivity (Wildman–Crippen MR) is 67.6 cm³/mol. The van der Waals surface area contributed by atoms with Gasteiger partial charge in [-0.25, -0.2) is 4.39 Å². The zero-order chi connectivity index (χ0) is 14.3. The van der Waals surface area contributed by atoms with E-state index in [4.69, 9.17) is 10.4 Å². The van der Waals surface area contributed by atoms with E-state index in [9.17, 15) is 9.18 Å². The van der Waals surface area contributed by atoms with Crippen LogP contribution in [-0.2, 0) is 0 Å². The fourth-order valence-corrected chi connectivity index (χ4v) is 1.42. The summed E-state index contributed by atoms with van der Waals surface area (Å²) >= 11 is 0. The van der Waals surface area contributed by atoms with Gasteiger partial charge in [0.05, 0.1) is 18.1 Å². The number of nitrogens with zero attached hydrogens (tertiary/aromatic N) is 2. The molecule has 19 heavy (non-hydrogen) atoms. The van der Waals surface area contributed by atoms with Crippen LogP contribution in [0.2, 0.25) is 0 Å². The van der Waals surface area contributed by atoms with Gasteiger partial charge in [-0.05, 0) is 18.2 Å². The molecule has 0 heterocycles. The lowest BCUT2D eigenvalue weighted by Gasteiger charge is -2.15. The summed E-state index contributed by atoms with van der Waals surface area (Å²) in [6.07, 6.45) is 0.227. The van der Waals surface area contributed by atoms with Gasteiger partial charge in [0, 0.05) is 19.2 Å². The molecule has 0 fully saturated rings. The Morgan fingerprint density at radius 3 is 2.84 bits per heavy atom. The third-order valence-electron chi connectivity index (χ3n) is 2.42. The van der Waals surface area contributed by atoms with E-state index in [1.54, 1.807) is 7.05 Å². The summed E-state index contributed by atoms with van der Waals surface area (Å²) < 4.78 is 13.6. The molecule has 0 aliphatic heterocycles. The Balaban J connectivity index is 2.89. The molecule has 5 heteroatoms. The number of carbonyl (C=O) groups is 1. The van der Waals surface area contributed by atoms with Gasteiger partial charge in [-0.1, -0.05) is 11.8 Å². The van der Waals surface area contributed by atoms with E-state index in [-0.39, 0.29) is 30.1 Å². The van der Waals surface area contributed by atoms with E-state index < -0.39 is 5.82 Å². The first-order valence-electron chi connectivity index (χ1n) is 5.62. The molecule has 98 valence electrons. The molecule has 0 bridgehead atoms. The van der Waals surface area contributed by atoms with Crippen molar-refractivity contribution < 1.29 is 14.3 Å². The monoisotopic (exact) mass is 260 g/mol. The maximum Gasteiger partial charge on any atom is 0.253 e. The molecule has 1 aromatic rings. The number of rotatable bonds is 3. The van der Waals surface area contributed by atoms with Crippen LogP contribution >= 0.6 is 0 Å². The zero-order valence-corrected chi connectivity index (χ0v) is 10.5. The molecule has 0 spiro atoms. The van der Waals surface area contributed by atoms with E-state index in [1.807, 2.05) is 6.07 Å². The Morgan fingerprint density at radius 1 is 1.53 bits per heavy atom. The van der Waals surface area contributed by atoms with Crippen molar-refractivity contribution in [2.75, 3.05) is 20.2 Å². The van der Waals surface area contributed by atoms with Crippen molar-refractivity contribution in [3.05, 3.63) is 35.1 Å². The van der Waals surface area contributed by atoms with Crippen LogP contribution in [0.5, 0.6) is 0 Å². The predicted octanol–water partition coefficient (Wildman–Crippen LogP) is 1.16. The second-order valence-corrected chi connectivity index (χ2v) is 3.79. The second-order valence-electron chi connectivity index (χ2n) is 3.79. The highest BCUT2D eigenvalue weighted by Crippen LogP contribution is 2.11. The third kappa shape index (κ3) is 4.09. The van der Waals surface area contributed by atoms with Gasteiger partial charge in [-0.3, -0.25) is 4.79 Å². The highest BCUT2D eigenvalue weighted by Gasteiger charge is 2.13. The molecule has 1 aromatic carbocycles. The molecule has 0 radical (unpaired) electrons. The van der Waals surface area contributed by atoms with Gasteiger partial charge in [-0.2, -0.15) is 5.26 Å². The molecule has 1 amide bonds. The third-order valence-corrected chi connectivity index (χ3v) is 2.42. The van der Waals surface area contributed by atoms with Crippen LogP contribution in [0.25, 0.3) is 0 Å². The number of hydrogen-bond donors (Lipinski definition) is 1. The van der Waals surface area contributed by atoms with Crippen molar-refractivity contribution in [2.45, 2.75) is 6.42 Å². The standard InChI is InChI=1S/C14H13FN2O2/c1-17(8-3-7-16)14(19)12-6-5-11(4-2-9-18)13(15)10-12/h5-6,10,18H,3,8-9H2,1H3. The molecule has 0 saturated heterocycles. The largest absolute Gasteiger partial charge is 0.384 e. The summed E-state index contributed by atoms with van der Waals surface area (Å²) in [6, 6.07) is 5.90. The molecule has 1 N–H and O–H groups in total. The van der Waals surface area contributed by atoms with Crippen molar-refractivity contribution in [3.63, 3.8) is 0 Å². The summed E-state index contributed by atoms with van der Waals surface area (Å²) in [7, 11) is 1.55. The first kappa shape index (κ1) is 14.7. The minimum Gasteiger partial charge on any atom is -0.384 e. The number of amides is 1. The van der Waals surface area contributed by atoms with Crippen LogP contribution in [0.3, 0.4) is 0 Å². The topological polar surface area (TPSA) is 64.3 Å². The van der Waals surface area contributed by atoms with E-state index in [0.717, 1.165) is 6.07 Å². The van der Waals surface area contributed by atoms with Gasteiger partial charge >= 0.3 is 0 Å². The van der Waals surface area contributed by atoms with Gasteiger partial charge in [0.15, 0.2) is 0 Å². The first-order valence-corrected chi connectivity index (χ1v) is 5.62. The van der Waals surface area contributed by atoms with Crippen LogP contribution in [0, 0.1) is 29.0 Å². The Bertz CT molecular complexity index is 567. The summed E-state index contributed by atoms with van der Waals surface area (Å²) in [5.41, 5.74) is 0.331. The normalized spacial score (nSPS) is 9.16. The molecule has 1 rings (SSSR count). The lowest BCUT2D eigenvalue weighted by molar-refractivity contribution is 0.0797. The van der Waals surface area contributed by atoms with Crippen molar-refractivity contribution in [2.24, 2.45) is 0 Å². The maximum atomic E-state index is 13.6. The van der Waals surface area contributed by atoms with Crippen LogP contribution in [-0.4, -0.2) is 36.1 Å². The van der Waals surface area contributed by atoms with Crippen molar-refractivity contribution in [1.29, 1.82) is 5.26 Å². The molecule has 4 nitrogen and oxygen atoms in total. The Morgan fingerprint density at radius 2 is 2.26 bits per heavy atom. The molecule has 0 atom stereocenters. The quantitative estimate of drug-likeness (QED) is 0.829. The summed E-state index contributed by atoms with van der Waals surface area (Å²) in [5, 5.41) is 17.0. The first-order chi connectivity index (χ1) is 9.10. The summed E-state index contributed by atoms with van der Waals surface area (Å²) in [5.74, 6) is 3.83. The van der Waals surface area contributed by atoms with Crippen LogP contribution < -0.4 is 0 Å². The summed E-state index contributed by atoms with van der Waals surface area (Å²) in [4.78, 5) is 13.3.